The van der Waals surface area contributed by atoms with Crippen LogP contribution in [0.1, 0.15) is 51.3 Å². The van der Waals surface area contributed by atoms with Gasteiger partial charge in [-0.05, 0) is 35.4 Å². The highest BCUT2D eigenvalue weighted by molar-refractivity contribution is 6.17. The highest BCUT2D eigenvalue weighted by Crippen LogP contribution is 2.32. The van der Waals surface area contributed by atoms with Crippen molar-refractivity contribution in [2.75, 3.05) is 18.0 Å². The molecule has 0 unspecified atom stereocenters. The minimum Gasteiger partial charge on any atom is -0.356 e. The maximum absolute atomic E-state index is 5.99. The standard InChI is InChI=1S/C15H23ClN2/c1-11(2)13-7-12(9-16)8-14(17-13)18-6-5-15(3,4)10-18/h7-8,11H,5-6,9-10H2,1-4H3. The minimum absolute atomic E-state index is 0.399. The molecule has 1 aliphatic rings. The van der Waals surface area contributed by atoms with E-state index in [1.165, 1.54) is 12.0 Å². The van der Waals surface area contributed by atoms with Crippen LogP contribution in [0.3, 0.4) is 0 Å². The van der Waals surface area contributed by atoms with Crippen LogP contribution in [0.15, 0.2) is 12.1 Å². The normalized spacial score (nSPS) is 18.7. The lowest BCUT2D eigenvalue weighted by Gasteiger charge is -2.22. The lowest BCUT2D eigenvalue weighted by molar-refractivity contribution is 0.418. The first-order valence-electron chi connectivity index (χ1n) is 6.73. The van der Waals surface area contributed by atoms with Crippen LogP contribution in [-0.2, 0) is 5.88 Å². The molecule has 0 aromatic carbocycles. The summed E-state index contributed by atoms with van der Waals surface area (Å²) in [5.74, 6) is 2.11. The SMILES string of the molecule is CC(C)c1cc(CCl)cc(N2CCC(C)(C)C2)n1. The number of rotatable bonds is 3. The summed E-state index contributed by atoms with van der Waals surface area (Å²) >= 11 is 5.99. The molecule has 1 aromatic heterocycles. The number of hydrogen-bond acceptors (Lipinski definition) is 2. The quantitative estimate of drug-likeness (QED) is 0.763. The Labute approximate surface area is 115 Å². The summed E-state index contributed by atoms with van der Waals surface area (Å²) < 4.78 is 0. The number of anilines is 1. The number of pyridine rings is 1. The molecule has 0 bridgehead atoms. The lowest BCUT2D eigenvalue weighted by Crippen LogP contribution is -2.24. The van der Waals surface area contributed by atoms with Crippen LogP contribution in [-0.4, -0.2) is 18.1 Å². The molecule has 0 spiro atoms. The Hall–Kier alpha value is -0.760. The van der Waals surface area contributed by atoms with Gasteiger partial charge < -0.3 is 4.90 Å². The van der Waals surface area contributed by atoms with Crippen molar-refractivity contribution >= 4 is 17.4 Å². The lowest BCUT2D eigenvalue weighted by atomic mass is 9.93. The van der Waals surface area contributed by atoms with E-state index in [0.717, 1.165) is 24.6 Å². The molecule has 0 amide bonds. The van der Waals surface area contributed by atoms with Gasteiger partial charge in [0.2, 0.25) is 0 Å². The summed E-state index contributed by atoms with van der Waals surface area (Å²) in [5, 5.41) is 0. The third-order valence-corrected chi connectivity index (χ3v) is 3.95. The van der Waals surface area contributed by atoms with Gasteiger partial charge in [-0.3, -0.25) is 0 Å². The molecule has 0 aliphatic carbocycles. The highest BCUT2D eigenvalue weighted by Gasteiger charge is 2.30. The first kappa shape index (κ1) is 13.7. The third kappa shape index (κ3) is 2.97. The van der Waals surface area contributed by atoms with Crippen LogP contribution in [0.25, 0.3) is 0 Å². The van der Waals surface area contributed by atoms with Crippen molar-refractivity contribution in [3.8, 4) is 0 Å². The predicted octanol–water partition coefficient (Wildman–Crippen LogP) is 4.18. The Bertz CT molecular complexity index is 427. The predicted molar refractivity (Wildman–Crippen MR) is 78.5 cm³/mol. The molecular formula is C15H23ClN2. The molecule has 1 aliphatic heterocycles. The summed E-state index contributed by atoms with van der Waals surface area (Å²) in [7, 11) is 0. The van der Waals surface area contributed by atoms with E-state index in [1.807, 2.05) is 0 Å². The summed E-state index contributed by atoms with van der Waals surface area (Å²) in [6, 6.07) is 4.27. The Kier molecular flexibility index (Phi) is 3.86. The second-order valence-electron chi connectivity index (χ2n) is 6.38. The number of halogens is 1. The molecule has 0 radical (unpaired) electrons. The fourth-order valence-corrected chi connectivity index (χ4v) is 2.59. The molecule has 0 N–H and O–H groups in total. The van der Waals surface area contributed by atoms with Crippen LogP contribution in [0.5, 0.6) is 0 Å². The molecule has 18 heavy (non-hydrogen) atoms. The first-order chi connectivity index (χ1) is 8.41. The third-order valence-electron chi connectivity index (χ3n) is 3.64. The molecule has 1 fully saturated rings. The molecular weight excluding hydrogens is 244 g/mol. The van der Waals surface area contributed by atoms with Gasteiger partial charge in [0.05, 0.1) is 0 Å². The van der Waals surface area contributed by atoms with E-state index < -0.39 is 0 Å². The molecule has 2 heterocycles. The van der Waals surface area contributed by atoms with Gasteiger partial charge in [0, 0.05) is 24.7 Å². The van der Waals surface area contributed by atoms with Gasteiger partial charge in [0.1, 0.15) is 5.82 Å². The van der Waals surface area contributed by atoms with Crippen LogP contribution in [0.4, 0.5) is 5.82 Å². The number of nitrogens with zero attached hydrogens (tertiary/aromatic N) is 2. The van der Waals surface area contributed by atoms with Gasteiger partial charge in [-0.2, -0.15) is 0 Å². The topological polar surface area (TPSA) is 16.1 Å². The van der Waals surface area contributed by atoms with E-state index >= 15 is 0 Å². The van der Waals surface area contributed by atoms with Crippen LogP contribution >= 0.6 is 11.6 Å². The smallest absolute Gasteiger partial charge is 0.129 e. The zero-order valence-corrected chi connectivity index (χ0v) is 12.6. The average molecular weight is 267 g/mol. The van der Waals surface area contributed by atoms with Gasteiger partial charge in [0.25, 0.3) is 0 Å². The molecule has 2 rings (SSSR count). The maximum Gasteiger partial charge on any atom is 0.129 e. The fourth-order valence-electron chi connectivity index (χ4n) is 2.44. The fraction of sp³-hybridized carbons (Fsp3) is 0.667. The maximum atomic E-state index is 5.99. The number of hydrogen-bond donors (Lipinski definition) is 0. The summed E-state index contributed by atoms with van der Waals surface area (Å²) in [4.78, 5) is 7.19. The minimum atomic E-state index is 0.399. The van der Waals surface area contributed by atoms with Crippen molar-refractivity contribution in [2.24, 2.45) is 5.41 Å². The molecule has 1 saturated heterocycles. The Morgan fingerprint density at radius 3 is 2.61 bits per heavy atom. The van der Waals surface area contributed by atoms with Crippen LogP contribution in [0.2, 0.25) is 0 Å². The second-order valence-corrected chi connectivity index (χ2v) is 6.65. The van der Waals surface area contributed by atoms with E-state index in [4.69, 9.17) is 16.6 Å². The second kappa shape index (κ2) is 5.08. The largest absolute Gasteiger partial charge is 0.356 e. The summed E-state index contributed by atoms with van der Waals surface area (Å²) in [6.07, 6.45) is 1.23. The van der Waals surface area contributed by atoms with Crippen LogP contribution < -0.4 is 4.90 Å². The molecule has 2 nitrogen and oxygen atoms in total. The summed E-state index contributed by atoms with van der Waals surface area (Å²) in [5.41, 5.74) is 2.72. The van der Waals surface area contributed by atoms with E-state index in [9.17, 15) is 0 Å². The molecule has 0 atom stereocenters. The Morgan fingerprint density at radius 1 is 1.39 bits per heavy atom. The van der Waals surface area contributed by atoms with Gasteiger partial charge in [-0.1, -0.05) is 27.7 Å². The highest BCUT2D eigenvalue weighted by atomic mass is 35.5. The molecule has 1 aromatic rings. The van der Waals surface area contributed by atoms with Crippen molar-refractivity contribution in [3.63, 3.8) is 0 Å². The average Bonchev–Trinajstić information content (AvgIpc) is 2.69. The van der Waals surface area contributed by atoms with E-state index in [2.05, 4.69) is 44.7 Å². The zero-order valence-electron chi connectivity index (χ0n) is 11.8. The monoisotopic (exact) mass is 266 g/mol. The van der Waals surface area contributed by atoms with Gasteiger partial charge in [-0.15, -0.1) is 11.6 Å². The molecule has 0 saturated carbocycles. The number of alkyl halides is 1. The Morgan fingerprint density at radius 2 is 2.11 bits per heavy atom. The molecule has 3 heteroatoms. The zero-order chi connectivity index (χ0) is 13.3. The van der Waals surface area contributed by atoms with E-state index in [0.29, 0.717) is 17.2 Å². The van der Waals surface area contributed by atoms with Crippen molar-refractivity contribution in [2.45, 2.75) is 45.9 Å². The van der Waals surface area contributed by atoms with Crippen molar-refractivity contribution < 1.29 is 0 Å². The van der Waals surface area contributed by atoms with E-state index in [1.54, 1.807) is 0 Å². The van der Waals surface area contributed by atoms with Crippen LogP contribution in [0, 0.1) is 5.41 Å². The first-order valence-corrected chi connectivity index (χ1v) is 7.26. The van der Waals surface area contributed by atoms with Crippen molar-refractivity contribution in [3.05, 3.63) is 23.4 Å². The van der Waals surface area contributed by atoms with Gasteiger partial charge >= 0.3 is 0 Å². The number of aromatic nitrogens is 1. The molecule has 100 valence electrons. The Balaban J connectivity index is 2.30. The van der Waals surface area contributed by atoms with E-state index in [-0.39, 0.29) is 0 Å². The van der Waals surface area contributed by atoms with Crippen molar-refractivity contribution in [1.82, 2.24) is 4.98 Å². The summed E-state index contributed by atoms with van der Waals surface area (Å²) in [6.45, 7) is 11.2. The van der Waals surface area contributed by atoms with Crippen molar-refractivity contribution in [1.29, 1.82) is 0 Å². The van der Waals surface area contributed by atoms with Gasteiger partial charge in [0.15, 0.2) is 0 Å². The van der Waals surface area contributed by atoms with Gasteiger partial charge in [-0.25, -0.2) is 4.98 Å².